The molecule has 4 fully saturated rings. The van der Waals surface area contributed by atoms with Crippen LogP contribution >= 0.6 is 0 Å². The van der Waals surface area contributed by atoms with Crippen molar-refractivity contribution in [1.82, 2.24) is 0 Å². The van der Waals surface area contributed by atoms with E-state index < -0.39 is 12.2 Å². The normalized spacial score (nSPS) is 40.6. The van der Waals surface area contributed by atoms with Crippen molar-refractivity contribution >= 4 is 0 Å². The van der Waals surface area contributed by atoms with E-state index in [0.717, 1.165) is 38.5 Å². The van der Waals surface area contributed by atoms with Gasteiger partial charge in [-0.3, -0.25) is 0 Å². The van der Waals surface area contributed by atoms with E-state index >= 15 is 0 Å². The van der Waals surface area contributed by atoms with Gasteiger partial charge in [-0.25, -0.2) is 0 Å². The van der Waals surface area contributed by atoms with Crippen molar-refractivity contribution in [2.24, 2.45) is 11.8 Å². The van der Waals surface area contributed by atoms with E-state index in [1.165, 1.54) is 0 Å². The van der Waals surface area contributed by atoms with Gasteiger partial charge in [-0.1, -0.05) is 0 Å². The van der Waals surface area contributed by atoms with Crippen LogP contribution in [0.4, 0.5) is 0 Å². The second-order valence-electron chi connectivity index (χ2n) is 8.66. The minimum absolute atomic E-state index is 0.243. The Hall–Kier alpha value is -0.280. The molecule has 2 heterocycles. The fraction of sp³-hybridized carbons (Fsp3) is 1.00. The van der Waals surface area contributed by atoms with Crippen LogP contribution in [0.2, 0.25) is 0 Å². The van der Waals surface area contributed by atoms with Gasteiger partial charge >= 0.3 is 0 Å². The standard InChI is InChI=1S/C20H34O7/c1-23-8-14(25-11-16(22)13-3-5-18-20(7-13)27-18)9-24-10-15(21)12-2-4-17-19(6-12)26-17/h12-22H,2-11H2,1H3. The Kier molecular flexibility index (Phi) is 6.69. The zero-order valence-electron chi connectivity index (χ0n) is 16.2. The molecule has 156 valence electrons. The smallest absolute Gasteiger partial charge is 0.104 e. The number of fused-ring (bicyclic) bond motifs is 2. The third-order valence-corrected chi connectivity index (χ3v) is 6.63. The van der Waals surface area contributed by atoms with E-state index in [2.05, 4.69) is 0 Å². The fourth-order valence-corrected chi connectivity index (χ4v) is 4.73. The lowest BCUT2D eigenvalue weighted by atomic mass is 9.85. The van der Waals surface area contributed by atoms with E-state index in [4.69, 9.17) is 23.7 Å². The summed E-state index contributed by atoms with van der Waals surface area (Å²) in [5.74, 6) is 0.511. The van der Waals surface area contributed by atoms with Gasteiger partial charge in [0.05, 0.1) is 63.1 Å². The lowest BCUT2D eigenvalue weighted by Crippen LogP contribution is -2.35. The quantitative estimate of drug-likeness (QED) is 0.510. The van der Waals surface area contributed by atoms with Crippen molar-refractivity contribution in [3.63, 3.8) is 0 Å². The van der Waals surface area contributed by atoms with E-state index in [-0.39, 0.29) is 24.5 Å². The number of hydrogen-bond acceptors (Lipinski definition) is 7. The molecule has 0 aromatic carbocycles. The van der Waals surface area contributed by atoms with Crippen LogP contribution in [0.3, 0.4) is 0 Å². The molecule has 0 aromatic rings. The highest BCUT2D eigenvalue weighted by atomic mass is 16.6. The van der Waals surface area contributed by atoms with Crippen LogP contribution in [-0.2, 0) is 23.7 Å². The van der Waals surface area contributed by atoms with Crippen molar-refractivity contribution in [2.75, 3.05) is 33.5 Å². The van der Waals surface area contributed by atoms with Crippen molar-refractivity contribution in [1.29, 1.82) is 0 Å². The number of aliphatic hydroxyl groups is 2. The first-order valence-electron chi connectivity index (χ1n) is 10.5. The summed E-state index contributed by atoms with van der Waals surface area (Å²) in [6.07, 6.45) is 6.38. The number of epoxide rings is 2. The van der Waals surface area contributed by atoms with Gasteiger partial charge in [0.2, 0.25) is 0 Å². The molecule has 7 nitrogen and oxygen atoms in total. The zero-order chi connectivity index (χ0) is 18.8. The maximum atomic E-state index is 10.4. The zero-order valence-corrected chi connectivity index (χ0v) is 16.2. The Balaban J connectivity index is 1.13. The van der Waals surface area contributed by atoms with Gasteiger partial charge in [0.25, 0.3) is 0 Å². The molecule has 2 aliphatic carbocycles. The summed E-state index contributed by atoms with van der Waals surface area (Å²) >= 11 is 0. The molecule has 9 unspecified atom stereocenters. The van der Waals surface area contributed by atoms with Crippen LogP contribution in [-0.4, -0.2) is 86.5 Å². The monoisotopic (exact) mass is 386 g/mol. The molecule has 2 saturated carbocycles. The molecule has 0 radical (unpaired) electrons. The highest BCUT2D eigenvalue weighted by Gasteiger charge is 2.46. The van der Waals surface area contributed by atoms with Gasteiger partial charge in [-0.15, -0.1) is 0 Å². The largest absolute Gasteiger partial charge is 0.390 e. The van der Waals surface area contributed by atoms with Crippen LogP contribution < -0.4 is 0 Å². The topological polar surface area (TPSA) is 93.2 Å². The summed E-state index contributed by atoms with van der Waals surface area (Å²) < 4.78 is 27.8. The SMILES string of the molecule is COCC(COCC(O)C1CCC2OC2C1)OCC(O)C1CCC2OC2C1. The molecule has 4 rings (SSSR count). The van der Waals surface area contributed by atoms with E-state index in [1.807, 2.05) is 0 Å². The predicted octanol–water partition coefficient (Wildman–Crippen LogP) is 0.891. The Morgan fingerprint density at radius 3 is 1.93 bits per heavy atom. The minimum Gasteiger partial charge on any atom is -0.390 e. The van der Waals surface area contributed by atoms with Gasteiger partial charge < -0.3 is 33.9 Å². The third kappa shape index (κ3) is 5.41. The summed E-state index contributed by atoms with van der Waals surface area (Å²) in [6, 6.07) is 0. The molecular formula is C20H34O7. The first-order valence-corrected chi connectivity index (χ1v) is 10.5. The van der Waals surface area contributed by atoms with Gasteiger partial charge in [-0.2, -0.15) is 0 Å². The molecule has 7 heteroatoms. The molecule has 0 amide bonds. The maximum Gasteiger partial charge on any atom is 0.104 e. The van der Waals surface area contributed by atoms with Crippen molar-refractivity contribution in [2.45, 2.75) is 81.3 Å². The lowest BCUT2D eigenvalue weighted by molar-refractivity contribution is -0.0978. The van der Waals surface area contributed by atoms with Crippen LogP contribution in [0.5, 0.6) is 0 Å². The summed E-state index contributed by atoms with van der Waals surface area (Å²) in [6.45, 7) is 1.34. The van der Waals surface area contributed by atoms with E-state index in [9.17, 15) is 10.2 Å². The van der Waals surface area contributed by atoms with Crippen molar-refractivity contribution < 1.29 is 33.9 Å². The average molecular weight is 386 g/mol. The van der Waals surface area contributed by atoms with Gasteiger partial charge in [0, 0.05) is 7.11 Å². The summed E-state index contributed by atoms with van der Waals surface area (Å²) in [5, 5.41) is 20.8. The molecule has 2 aliphatic heterocycles. The van der Waals surface area contributed by atoms with Gasteiger partial charge in [-0.05, 0) is 50.4 Å². The molecule has 2 N–H and O–H groups in total. The number of methoxy groups -OCH3 is 1. The van der Waals surface area contributed by atoms with Crippen LogP contribution in [0.15, 0.2) is 0 Å². The number of hydrogen-bond donors (Lipinski definition) is 2. The second kappa shape index (κ2) is 9.03. The van der Waals surface area contributed by atoms with Crippen LogP contribution in [0.25, 0.3) is 0 Å². The average Bonchev–Trinajstić information content (AvgIpc) is 3.58. The number of ether oxygens (including phenoxy) is 5. The van der Waals surface area contributed by atoms with Crippen molar-refractivity contribution in [3.05, 3.63) is 0 Å². The molecule has 4 aliphatic rings. The van der Waals surface area contributed by atoms with E-state index in [1.54, 1.807) is 7.11 Å². The number of rotatable bonds is 11. The highest BCUT2D eigenvalue weighted by Crippen LogP contribution is 2.41. The summed E-state index contributed by atoms with van der Waals surface area (Å²) in [7, 11) is 1.63. The maximum absolute atomic E-state index is 10.4. The predicted molar refractivity (Wildman–Crippen MR) is 96.5 cm³/mol. The van der Waals surface area contributed by atoms with Crippen LogP contribution in [0, 0.1) is 11.8 Å². The van der Waals surface area contributed by atoms with E-state index in [0.29, 0.717) is 44.2 Å². The molecule has 0 bridgehead atoms. The van der Waals surface area contributed by atoms with Crippen LogP contribution in [0.1, 0.15) is 38.5 Å². The van der Waals surface area contributed by atoms with Gasteiger partial charge in [0.1, 0.15) is 6.10 Å². The Morgan fingerprint density at radius 2 is 1.37 bits per heavy atom. The first kappa shape index (κ1) is 20.0. The molecular weight excluding hydrogens is 352 g/mol. The Morgan fingerprint density at radius 1 is 0.778 bits per heavy atom. The number of aliphatic hydroxyl groups excluding tert-OH is 2. The van der Waals surface area contributed by atoms with Gasteiger partial charge in [0.15, 0.2) is 0 Å². The Bertz CT molecular complexity index is 475. The third-order valence-electron chi connectivity index (χ3n) is 6.63. The van der Waals surface area contributed by atoms with Crippen molar-refractivity contribution in [3.8, 4) is 0 Å². The summed E-state index contributed by atoms with van der Waals surface area (Å²) in [4.78, 5) is 0. The summed E-state index contributed by atoms with van der Waals surface area (Å²) in [5.41, 5.74) is 0. The highest BCUT2D eigenvalue weighted by molar-refractivity contribution is 4.94. The molecule has 0 spiro atoms. The second-order valence-corrected chi connectivity index (χ2v) is 8.66. The molecule has 2 saturated heterocycles. The molecule has 9 atom stereocenters. The lowest BCUT2D eigenvalue weighted by Gasteiger charge is -2.27. The minimum atomic E-state index is -0.478. The molecule has 0 aromatic heterocycles. The molecule has 27 heavy (non-hydrogen) atoms. The first-order chi connectivity index (χ1) is 13.1. The fourth-order valence-electron chi connectivity index (χ4n) is 4.73. The Labute approximate surface area is 161 Å².